The van der Waals surface area contributed by atoms with Crippen molar-refractivity contribution in [1.82, 2.24) is 14.8 Å². The van der Waals surface area contributed by atoms with Crippen LogP contribution in [0.4, 0.5) is 24.5 Å². The van der Waals surface area contributed by atoms with Gasteiger partial charge < -0.3 is 11.1 Å². The maximum Gasteiger partial charge on any atom is 0.433 e. The summed E-state index contributed by atoms with van der Waals surface area (Å²) in [6, 6.07) is 7.60. The first-order valence-electron chi connectivity index (χ1n) is 11.6. The lowest BCUT2D eigenvalue weighted by Gasteiger charge is -2.15. The zero-order valence-corrected chi connectivity index (χ0v) is 22.0. The van der Waals surface area contributed by atoms with Crippen LogP contribution in [0.2, 0.25) is 0 Å². The van der Waals surface area contributed by atoms with E-state index in [9.17, 15) is 32.9 Å². The smallest absolute Gasteiger partial charge is 0.365 e. The van der Waals surface area contributed by atoms with Gasteiger partial charge in [-0.25, -0.2) is 4.98 Å². The number of amides is 2. The molecule has 1 unspecified atom stereocenters. The Kier molecular flexibility index (Phi) is 7.17. The van der Waals surface area contributed by atoms with Gasteiger partial charge in [0.15, 0.2) is 0 Å². The molecular formula is C25H23F3N6O4S. The fourth-order valence-corrected chi connectivity index (χ4v) is 5.22. The topological polar surface area (TPSA) is 146 Å². The van der Waals surface area contributed by atoms with E-state index < -0.39 is 34.5 Å². The third kappa shape index (κ3) is 5.32. The standard InChI is InChI=1S/C25H23F3N6O4S/c1-11-5-7-15(8-6-11)16-9-17(25(26,27)28)30-24-18(16)19(21(39-24)22(29)35)31-23(36)12(2)10-33-14(4)20(34(37)38)13(3)32-33/h5-9,12H,10H2,1-4H3,(H2,29,35)(H,31,36). The number of thiophene rings is 1. The summed E-state index contributed by atoms with van der Waals surface area (Å²) in [5, 5.41) is 18.3. The molecule has 4 rings (SSSR count). The number of primary amides is 1. The zero-order chi connectivity index (χ0) is 28.8. The molecule has 3 aromatic heterocycles. The molecule has 14 heteroatoms. The van der Waals surface area contributed by atoms with Gasteiger partial charge in [-0.05, 0) is 38.0 Å². The fourth-order valence-electron chi connectivity index (χ4n) is 4.22. The number of aryl methyl sites for hydroxylation is 2. The summed E-state index contributed by atoms with van der Waals surface area (Å²) < 4.78 is 42.5. The van der Waals surface area contributed by atoms with Crippen LogP contribution in [-0.4, -0.2) is 31.5 Å². The summed E-state index contributed by atoms with van der Waals surface area (Å²) in [5.74, 6) is -2.34. The number of carbonyl (C=O) groups excluding carboxylic acids is 2. The summed E-state index contributed by atoms with van der Waals surface area (Å²) >= 11 is 0.650. The number of benzene rings is 1. The first-order valence-corrected chi connectivity index (χ1v) is 12.4. The van der Waals surface area contributed by atoms with Crippen LogP contribution < -0.4 is 11.1 Å². The number of carbonyl (C=O) groups is 2. The van der Waals surface area contributed by atoms with Crippen molar-refractivity contribution in [3.05, 3.63) is 68.0 Å². The Morgan fingerprint density at radius 1 is 1.21 bits per heavy atom. The quantitative estimate of drug-likeness (QED) is 0.229. The predicted octanol–water partition coefficient (Wildman–Crippen LogP) is 5.39. The van der Waals surface area contributed by atoms with E-state index in [1.54, 1.807) is 31.2 Å². The number of pyridine rings is 1. The van der Waals surface area contributed by atoms with Crippen molar-refractivity contribution in [3.63, 3.8) is 0 Å². The van der Waals surface area contributed by atoms with Crippen LogP contribution in [0.25, 0.3) is 21.3 Å². The Morgan fingerprint density at radius 3 is 2.38 bits per heavy atom. The van der Waals surface area contributed by atoms with E-state index >= 15 is 0 Å². The van der Waals surface area contributed by atoms with Gasteiger partial charge in [-0.2, -0.15) is 18.3 Å². The molecule has 0 fully saturated rings. The summed E-state index contributed by atoms with van der Waals surface area (Å²) in [6.45, 7) is 6.35. The van der Waals surface area contributed by atoms with Crippen LogP contribution in [0.15, 0.2) is 30.3 Å². The zero-order valence-electron chi connectivity index (χ0n) is 21.2. The van der Waals surface area contributed by atoms with E-state index in [-0.39, 0.29) is 50.0 Å². The van der Waals surface area contributed by atoms with E-state index in [1.165, 1.54) is 18.5 Å². The van der Waals surface area contributed by atoms with Gasteiger partial charge in [0, 0.05) is 5.39 Å². The molecule has 39 heavy (non-hydrogen) atoms. The number of hydrogen-bond donors (Lipinski definition) is 2. The molecule has 0 aliphatic rings. The van der Waals surface area contributed by atoms with E-state index in [4.69, 9.17) is 5.73 Å². The van der Waals surface area contributed by atoms with Crippen molar-refractivity contribution >= 4 is 44.7 Å². The highest BCUT2D eigenvalue weighted by Crippen LogP contribution is 2.43. The molecular weight excluding hydrogens is 537 g/mol. The van der Waals surface area contributed by atoms with Gasteiger partial charge in [0.05, 0.1) is 23.1 Å². The number of fused-ring (bicyclic) bond motifs is 1. The number of rotatable bonds is 7. The highest BCUT2D eigenvalue weighted by Gasteiger charge is 2.35. The van der Waals surface area contributed by atoms with Gasteiger partial charge in [0.1, 0.15) is 26.8 Å². The molecule has 3 heterocycles. The van der Waals surface area contributed by atoms with Gasteiger partial charge in [0.2, 0.25) is 5.91 Å². The normalized spacial score (nSPS) is 12.5. The number of nitro groups is 1. The van der Waals surface area contributed by atoms with Crippen LogP contribution in [0.1, 0.15) is 39.2 Å². The van der Waals surface area contributed by atoms with E-state index in [1.807, 2.05) is 6.92 Å². The van der Waals surface area contributed by atoms with Crippen molar-refractivity contribution in [2.24, 2.45) is 11.7 Å². The number of nitrogens with two attached hydrogens (primary N) is 1. The molecule has 204 valence electrons. The highest BCUT2D eigenvalue weighted by atomic mass is 32.1. The summed E-state index contributed by atoms with van der Waals surface area (Å²) in [6.07, 6.45) is -4.76. The Labute approximate surface area is 223 Å². The van der Waals surface area contributed by atoms with Gasteiger partial charge >= 0.3 is 11.9 Å². The van der Waals surface area contributed by atoms with Crippen LogP contribution in [0.5, 0.6) is 0 Å². The summed E-state index contributed by atoms with van der Waals surface area (Å²) in [4.78, 5) is 39.8. The minimum atomic E-state index is -4.76. The lowest BCUT2D eigenvalue weighted by molar-refractivity contribution is -0.386. The maximum absolute atomic E-state index is 13.7. The second-order valence-electron chi connectivity index (χ2n) is 9.12. The van der Waals surface area contributed by atoms with Crippen molar-refractivity contribution in [1.29, 1.82) is 0 Å². The van der Waals surface area contributed by atoms with Gasteiger partial charge in [-0.15, -0.1) is 11.3 Å². The molecule has 0 spiro atoms. The molecule has 1 aromatic carbocycles. The highest BCUT2D eigenvalue weighted by molar-refractivity contribution is 7.21. The minimum absolute atomic E-state index is 0.0262. The van der Waals surface area contributed by atoms with Gasteiger partial charge in [-0.3, -0.25) is 24.4 Å². The first-order chi connectivity index (χ1) is 18.2. The number of nitrogens with one attached hydrogen (secondary N) is 1. The largest absolute Gasteiger partial charge is 0.433 e. The Morgan fingerprint density at radius 2 is 1.85 bits per heavy atom. The monoisotopic (exact) mass is 560 g/mol. The second kappa shape index (κ2) is 10.1. The number of aromatic nitrogens is 3. The fraction of sp³-hybridized carbons (Fsp3) is 0.280. The van der Waals surface area contributed by atoms with Crippen molar-refractivity contribution in [2.75, 3.05) is 5.32 Å². The van der Waals surface area contributed by atoms with Crippen LogP contribution in [0.3, 0.4) is 0 Å². The van der Waals surface area contributed by atoms with Gasteiger partial charge in [0.25, 0.3) is 5.91 Å². The number of hydrogen-bond acceptors (Lipinski definition) is 7. The molecule has 0 bridgehead atoms. The summed E-state index contributed by atoms with van der Waals surface area (Å²) in [5.41, 5.74) is 6.08. The molecule has 0 aliphatic heterocycles. The molecule has 0 aliphatic carbocycles. The molecule has 10 nitrogen and oxygen atoms in total. The SMILES string of the molecule is Cc1ccc(-c2cc(C(F)(F)F)nc3sc(C(N)=O)c(NC(=O)C(C)Cn4nc(C)c([N+](=O)[O-])c4C)c23)cc1. The molecule has 4 aromatic rings. The average molecular weight is 561 g/mol. The van der Waals surface area contributed by atoms with Gasteiger partial charge in [-0.1, -0.05) is 36.8 Å². The Balaban J connectivity index is 1.81. The predicted molar refractivity (Wildman–Crippen MR) is 139 cm³/mol. The lowest BCUT2D eigenvalue weighted by atomic mass is 9.99. The third-order valence-corrected chi connectivity index (χ3v) is 7.31. The maximum atomic E-state index is 13.7. The number of anilines is 1. The Hall–Kier alpha value is -4.33. The molecule has 2 amide bonds. The third-order valence-electron chi connectivity index (χ3n) is 6.21. The van der Waals surface area contributed by atoms with Crippen LogP contribution in [-0.2, 0) is 17.5 Å². The van der Waals surface area contributed by atoms with Crippen molar-refractivity contribution < 1.29 is 27.7 Å². The second-order valence-corrected chi connectivity index (χ2v) is 10.1. The molecule has 0 saturated heterocycles. The van der Waals surface area contributed by atoms with E-state index in [2.05, 4.69) is 15.4 Å². The van der Waals surface area contributed by atoms with Crippen molar-refractivity contribution in [2.45, 2.75) is 40.4 Å². The average Bonchev–Trinajstić information content (AvgIpc) is 3.34. The lowest BCUT2D eigenvalue weighted by Crippen LogP contribution is -2.26. The van der Waals surface area contributed by atoms with E-state index in [0.717, 1.165) is 11.6 Å². The van der Waals surface area contributed by atoms with Crippen molar-refractivity contribution in [3.8, 4) is 11.1 Å². The molecule has 1 atom stereocenters. The number of alkyl halides is 3. The molecule has 3 N–H and O–H groups in total. The number of halogens is 3. The van der Waals surface area contributed by atoms with Crippen LogP contribution >= 0.6 is 11.3 Å². The minimum Gasteiger partial charge on any atom is -0.365 e. The molecule has 0 saturated carbocycles. The summed E-state index contributed by atoms with van der Waals surface area (Å²) in [7, 11) is 0. The van der Waals surface area contributed by atoms with Crippen LogP contribution in [0, 0.1) is 36.8 Å². The number of nitrogens with zero attached hydrogens (tertiary/aromatic N) is 4. The molecule has 0 radical (unpaired) electrons. The first kappa shape index (κ1) is 27.7. The van der Waals surface area contributed by atoms with E-state index in [0.29, 0.717) is 16.9 Å². The Bertz CT molecular complexity index is 1630.